The Hall–Kier alpha value is -1.54. The molecule has 1 aromatic carbocycles. The van der Waals surface area contributed by atoms with Crippen LogP contribution in [0, 0.1) is 0 Å². The second-order valence-corrected chi connectivity index (χ2v) is 3.85. The van der Waals surface area contributed by atoms with Gasteiger partial charge >= 0.3 is 0 Å². The van der Waals surface area contributed by atoms with Crippen LogP contribution >= 0.6 is 0 Å². The Kier molecular flexibility index (Phi) is 3.78. The molecule has 84 valence electrons. The van der Waals surface area contributed by atoms with Gasteiger partial charge in [0.05, 0.1) is 18.6 Å². The van der Waals surface area contributed by atoms with Gasteiger partial charge in [0.1, 0.15) is 0 Å². The zero-order chi connectivity index (χ0) is 11.2. The first-order valence-corrected chi connectivity index (χ1v) is 5.72. The summed E-state index contributed by atoms with van der Waals surface area (Å²) in [4.78, 5) is 0. The Bertz CT molecular complexity index is 394. The number of hydrogen-bond donors (Lipinski definition) is 1. The maximum Gasteiger partial charge on any atom is 0.0953 e. The molecule has 1 unspecified atom stereocenters. The van der Waals surface area contributed by atoms with Crippen LogP contribution in [0.3, 0.4) is 0 Å². The van der Waals surface area contributed by atoms with Crippen molar-refractivity contribution in [2.45, 2.75) is 19.4 Å². The molecule has 0 spiro atoms. The minimum absolute atomic E-state index is 0.236. The molecule has 0 fully saturated rings. The molecule has 0 saturated heterocycles. The molecule has 1 heterocycles. The molecule has 1 N–H and O–H groups in total. The van der Waals surface area contributed by atoms with Crippen molar-refractivity contribution in [3.05, 3.63) is 60.1 Å². The lowest BCUT2D eigenvalue weighted by molar-refractivity contribution is 0.548. The van der Waals surface area contributed by atoms with Crippen molar-refractivity contribution in [2.75, 3.05) is 6.54 Å². The predicted octanol–water partition coefficient (Wildman–Crippen LogP) is 3.37. The number of hydrogen-bond acceptors (Lipinski definition) is 2. The largest absolute Gasteiger partial charge is 0.472 e. The quantitative estimate of drug-likeness (QED) is 0.827. The maximum atomic E-state index is 5.16. The third kappa shape index (κ3) is 2.52. The molecule has 2 heteroatoms. The summed E-state index contributed by atoms with van der Waals surface area (Å²) >= 11 is 0. The lowest BCUT2D eigenvalue weighted by Gasteiger charge is -2.17. The topological polar surface area (TPSA) is 25.2 Å². The van der Waals surface area contributed by atoms with Gasteiger partial charge in [0.25, 0.3) is 0 Å². The fraction of sp³-hybridized carbons (Fsp3) is 0.286. The lowest BCUT2D eigenvalue weighted by Crippen LogP contribution is -2.22. The van der Waals surface area contributed by atoms with Crippen molar-refractivity contribution in [3.63, 3.8) is 0 Å². The number of furan rings is 1. The van der Waals surface area contributed by atoms with E-state index in [9.17, 15) is 0 Å². The van der Waals surface area contributed by atoms with Crippen molar-refractivity contribution in [1.29, 1.82) is 0 Å². The highest BCUT2D eigenvalue weighted by Crippen LogP contribution is 2.21. The smallest absolute Gasteiger partial charge is 0.0953 e. The molecule has 0 aliphatic rings. The predicted molar refractivity (Wildman–Crippen MR) is 65.3 cm³/mol. The molecule has 0 saturated carbocycles. The normalized spacial score (nSPS) is 12.6. The average Bonchev–Trinajstić information content (AvgIpc) is 2.85. The van der Waals surface area contributed by atoms with Gasteiger partial charge in [0.15, 0.2) is 0 Å². The SMILES string of the molecule is CCCNC(c1ccccc1)c1ccoc1. The van der Waals surface area contributed by atoms with E-state index in [4.69, 9.17) is 4.42 Å². The molecule has 1 atom stereocenters. The van der Waals surface area contributed by atoms with Gasteiger partial charge in [-0.3, -0.25) is 0 Å². The number of nitrogens with one attached hydrogen (secondary N) is 1. The van der Waals surface area contributed by atoms with E-state index in [1.54, 1.807) is 12.5 Å². The number of benzene rings is 1. The average molecular weight is 215 g/mol. The van der Waals surface area contributed by atoms with Crippen LogP contribution in [-0.2, 0) is 0 Å². The van der Waals surface area contributed by atoms with Gasteiger partial charge in [0, 0.05) is 5.56 Å². The van der Waals surface area contributed by atoms with E-state index in [0.717, 1.165) is 13.0 Å². The Balaban J connectivity index is 2.21. The lowest BCUT2D eigenvalue weighted by atomic mass is 10.0. The highest BCUT2D eigenvalue weighted by Gasteiger charge is 2.13. The van der Waals surface area contributed by atoms with E-state index in [2.05, 4.69) is 36.5 Å². The van der Waals surface area contributed by atoms with Crippen molar-refractivity contribution in [2.24, 2.45) is 0 Å². The van der Waals surface area contributed by atoms with Crippen LogP contribution in [0.4, 0.5) is 0 Å². The molecule has 2 aromatic rings. The molecule has 2 rings (SSSR count). The van der Waals surface area contributed by atoms with E-state index in [-0.39, 0.29) is 6.04 Å². The third-order valence-corrected chi connectivity index (χ3v) is 2.61. The van der Waals surface area contributed by atoms with Crippen molar-refractivity contribution in [1.82, 2.24) is 5.32 Å². The molecular formula is C14H17NO. The zero-order valence-corrected chi connectivity index (χ0v) is 9.52. The minimum Gasteiger partial charge on any atom is -0.472 e. The summed E-state index contributed by atoms with van der Waals surface area (Å²) < 4.78 is 5.16. The highest BCUT2D eigenvalue weighted by molar-refractivity contribution is 5.29. The summed E-state index contributed by atoms with van der Waals surface area (Å²) in [6, 6.07) is 12.7. The van der Waals surface area contributed by atoms with Crippen LogP contribution in [-0.4, -0.2) is 6.54 Å². The van der Waals surface area contributed by atoms with E-state index in [1.807, 2.05) is 12.1 Å². The van der Waals surface area contributed by atoms with Gasteiger partial charge < -0.3 is 9.73 Å². The van der Waals surface area contributed by atoms with Gasteiger partial charge in [-0.1, -0.05) is 37.3 Å². The van der Waals surface area contributed by atoms with E-state index in [0.29, 0.717) is 0 Å². The Morgan fingerprint density at radius 1 is 1.12 bits per heavy atom. The molecule has 2 nitrogen and oxygen atoms in total. The second-order valence-electron chi connectivity index (χ2n) is 3.85. The standard InChI is InChI=1S/C14H17NO/c1-2-9-15-14(13-8-10-16-11-13)12-6-4-3-5-7-12/h3-8,10-11,14-15H,2,9H2,1H3. The van der Waals surface area contributed by atoms with E-state index >= 15 is 0 Å². The summed E-state index contributed by atoms with van der Waals surface area (Å²) in [6.45, 7) is 3.18. The fourth-order valence-corrected chi connectivity index (χ4v) is 1.80. The van der Waals surface area contributed by atoms with Crippen molar-refractivity contribution < 1.29 is 4.42 Å². The molecule has 0 amide bonds. The third-order valence-electron chi connectivity index (χ3n) is 2.61. The first-order valence-electron chi connectivity index (χ1n) is 5.72. The molecular weight excluding hydrogens is 198 g/mol. The van der Waals surface area contributed by atoms with Crippen LogP contribution in [0.15, 0.2) is 53.3 Å². The van der Waals surface area contributed by atoms with Gasteiger partial charge in [0.2, 0.25) is 0 Å². The second kappa shape index (κ2) is 5.52. The summed E-state index contributed by atoms with van der Waals surface area (Å²) in [5.74, 6) is 0. The van der Waals surface area contributed by atoms with Gasteiger partial charge in [-0.05, 0) is 24.6 Å². The molecule has 1 aromatic heterocycles. The Labute approximate surface area is 96.3 Å². The van der Waals surface area contributed by atoms with Gasteiger partial charge in [-0.15, -0.1) is 0 Å². The monoisotopic (exact) mass is 215 g/mol. The first kappa shape index (κ1) is 11.0. The molecule has 16 heavy (non-hydrogen) atoms. The molecule has 0 radical (unpaired) electrons. The van der Waals surface area contributed by atoms with Crippen molar-refractivity contribution >= 4 is 0 Å². The van der Waals surface area contributed by atoms with Crippen LogP contribution in [0.1, 0.15) is 30.5 Å². The fourth-order valence-electron chi connectivity index (χ4n) is 1.80. The van der Waals surface area contributed by atoms with Crippen molar-refractivity contribution in [3.8, 4) is 0 Å². The Morgan fingerprint density at radius 3 is 2.56 bits per heavy atom. The van der Waals surface area contributed by atoms with Crippen LogP contribution < -0.4 is 5.32 Å². The summed E-state index contributed by atoms with van der Waals surface area (Å²) in [7, 11) is 0. The highest BCUT2D eigenvalue weighted by atomic mass is 16.3. The molecule has 0 aliphatic carbocycles. The summed E-state index contributed by atoms with van der Waals surface area (Å²) in [5, 5.41) is 3.53. The molecule has 0 aliphatic heterocycles. The van der Waals surface area contributed by atoms with Crippen LogP contribution in [0.2, 0.25) is 0 Å². The minimum atomic E-state index is 0.236. The number of rotatable bonds is 5. The van der Waals surface area contributed by atoms with Gasteiger partial charge in [-0.2, -0.15) is 0 Å². The van der Waals surface area contributed by atoms with E-state index in [1.165, 1.54) is 11.1 Å². The summed E-state index contributed by atoms with van der Waals surface area (Å²) in [6.07, 6.45) is 4.65. The van der Waals surface area contributed by atoms with Crippen LogP contribution in [0.5, 0.6) is 0 Å². The summed E-state index contributed by atoms with van der Waals surface area (Å²) in [5.41, 5.74) is 2.46. The van der Waals surface area contributed by atoms with E-state index < -0.39 is 0 Å². The maximum absolute atomic E-state index is 5.16. The van der Waals surface area contributed by atoms with Gasteiger partial charge in [-0.25, -0.2) is 0 Å². The first-order chi connectivity index (χ1) is 7.92. The Morgan fingerprint density at radius 2 is 1.94 bits per heavy atom. The van der Waals surface area contributed by atoms with Crippen LogP contribution in [0.25, 0.3) is 0 Å². The zero-order valence-electron chi connectivity index (χ0n) is 9.52. The molecule has 0 bridgehead atoms.